The first-order chi connectivity index (χ1) is 11.1. The maximum absolute atomic E-state index is 12.2. The van der Waals surface area contributed by atoms with Gasteiger partial charge < -0.3 is 4.42 Å². The van der Waals surface area contributed by atoms with Crippen molar-refractivity contribution in [3.8, 4) is 0 Å². The van der Waals surface area contributed by atoms with E-state index in [0.717, 1.165) is 16.7 Å². The number of aryl methyl sites for hydroxylation is 2. The van der Waals surface area contributed by atoms with Gasteiger partial charge in [0.05, 0.1) is 6.42 Å². The summed E-state index contributed by atoms with van der Waals surface area (Å²) in [5.74, 6) is 0.203. The van der Waals surface area contributed by atoms with Crippen molar-refractivity contribution >= 4 is 11.9 Å². The van der Waals surface area contributed by atoms with E-state index in [2.05, 4.69) is 15.5 Å². The van der Waals surface area contributed by atoms with Gasteiger partial charge in [-0.25, -0.2) is 0 Å². The van der Waals surface area contributed by atoms with E-state index >= 15 is 0 Å². The third-order valence-electron chi connectivity index (χ3n) is 3.65. The van der Waals surface area contributed by atoms with Crippen LogP contribution in [-0.4, -0.2) is 16.1 Å². The molecule has 0 radical (unpaired) electrons. The molecule has 1 N–H and O–H groups in total. The number of carbonyl (C=O) groups excluding carboxylic acids is 1. The lowest BCUT2D eigenvalue weighted by Crippen LogP contribution is -2.12. The summed E-state index contributed by atoms with van der Waals surface area (Å²) in [4.78, 5) is 12.2. The fourth-order valence-corrected chi connectivity index (χ4v) is 2.20. The maximum atomic E-state index is 12.2. The summed E-state index contributed by atoms with van der Waals surface area (Å²) in [6.07, 6.45) is 0.535. The van der Waals surface area contributed by atoms with Crippen LogP contribution in [-0.2, 0) is 6.42 Å². The highest BCUT2D eigenvalue weighted by atomic mass is 16.4. The molecule has 0 saturated carbocycles. The molecule has 0 unspecified atom stereocenters. The Kier molecular flexibility index (Phi) is 4.19. The number of nitrogens with zero attached hydrogens (tertiary/aromatic N) is 2. The second-order valence-electron chi connectivity index (χ2n) is 5.42. The van der Waals surface area contributed by atoms with Crippen LogP contribution in [0.1, 0.15) is 32.9 Å². The van der Waals surface area contributed by atoms with Crippen LogP contribution in [0, 0.1) is 13.8 Å². The molecule has 2 aromatic carbocycles. The standard InChI is InChI=1S/C18H17N3O2/c1-12-8-9-15(10-13(12)2)17(22)19-18-21-20-16(23-18)11-14-6-4-3-5-7-14/h3-10H,11H2,1-2H3,(H,19,21,22). The van der Waals surface area contributed by atoms with Crippen LogP contribution in [0.5, 0.6) is 0 Å². The molecule has 116 valence electrons. The quantitative estimate of drug-likeness (QED) is 0.800. The number of anilines is 1. The van der Waals surface area contributed by atoms with Crippen LogP contribution in [0.4, 0.5) is 6.01 Å². The van der Waals surface area contributed by atoms with Gasteiger partial charge in [-0.3, -0.25) is 10.1 Å². The third-order valence-corrected chi connectivity index (χ3v) is 3.65. The van der Waals surface area contributed by atoms with Crippen molar-refractivity contribution in [1.82, 2.24) is 10.2 Å². The average Bonchev–Trinajstić information content (AvgIpc) is 2.98. The van der Waals surface area contributed by atoms with Crippen LogP contribution in [0.2, 0.25) is 0 Å². The fraction of sp³-hybridized carbons (Fsp3) is 0.167. The van der Waals surface area contributed by atoms with Gasteiger partial charge >= 0.3 is 6.01 Å². The number of benzene rings is 2. The van der Waals surface area contributed by atoms with Gasteiger partial charge in [0.1, 0.15) is 0 Å². The first-order valence-corrected chi connectivity index (χ1v) is 7.37. The molecule has 0 aliphatic rings. The Morgan fingerprint density at radius 2 is 1.83 bits per heavy atom. The number of nitrogens with one attached hydrogen (secondary N) is 1. The van der Waals surface area contributed by atoms with E-state index in [9.17, 15) is 4.79 Å². The minimum atomic E-state index is -0.261. The van der Waals surface area contributed by atoms with Crippen molar-refractivity contribution in [2.45, 2.75) is 20.3 Å². The van der Waals surface area contributed by atoms with Crippen molar-refractivity contribution in [2.75, 3.05) is 5.32 Å². The second kappa shape index (κ2) is 6.44. The Morgan fingerprint density at radius 1 is 1.04 bits per heavy atom. The van der Waals surface area contributed by atoms with Crippen LogP contribution >= 0.6 is 0 Å². The van der Waals surface area contributed by atoms with Gasteiger partial charge in [0.15, 0.2) is 0 Å². The van der Waals surface area contributed by atoms with Gasteiger partial charge in [-0.15, -0.1) is 5.10 Å². The summed E-state index contributed by atoms with van der Waals surface area (Å²) >= 11 is 0. The zero-order valence-electron chi connectivity index (χ0n) is 13.0. The molecule has 0 bridgehead atoms. The van der Waals surface area contributed by atoms with Crippen LogP contribution < -0.4 is 5.32 Å². The summed E-state index contributed by atoms with van der Waals surface area (Å²) in [6, 6.07) is 15.5. The summed E-state index contributed by atoms with van der Waals surface area (Å²) in [5.41, 5.74) is 3.84. The van der Waals surface area contributed by atoms with Gasteiger partial charge in [0.25, 0.3) is 5.91 Å². The Balaban J connectivity index is 1.68. The second-order valence-corrected chi connectivity index (χ2v) is 5.42. The molecule has 0 atom stereocenters. The first-order valence-electron chi connectivity index (χ1n) is 7.37. The van der Waals surface area contributed by atoms with Crippen molar-refractivity contribution in [3.05, 3.63) is 76.7 Å². The molecule has 1 amide bonds. The van der Waals surface area contributed by atoms with Crippen LogP contribution in [0.15, 0.2) is 52.9 Å². The fourth-order valence-electron chi connectivity index (χ4n) is 2.20. The van der Waals surface area contributed by atoms with Crippen LogP contribution in [0.3, 0.4) is 0 Å². The smallest absolute Gasteiger partial charge is 0.322 e. The lowest BCUT2D eigenvalue weighted by molar-refractivity contribution is 0.102. The Hall–Kier alpha value is -2.95. The highest BCUT2D eigenvalue weighted by molar-refractivity contribution is 6.03. The van der Waals surface area contributed by atoms with E-state index in [0.29, 0.717) is 17.9 Å². The van der Waals surface area contributed by atoms with Gasteiger partial charge in [-0.1, -0.05) is 41.5 Å². The van der Waals surface area contributed by atoms with E-state index in [-0.39, 0.29) is 11.9 Å². The molecule has 0 fully saturated rings. The van der Waals surface area contributed by atoms with E-state index in [4.69, 9.17) is 4.42 Å². The Bertz CT molecular complexity index is 825. The predicted molar refractivity (Wildman–Crippen MR) is 87.4 cm³/mol. The lowest BCUT2D eigenvalue weighted by atomic mass is 10.1. The molecule has 1 heterocycles. The monoisotopic (exact) mass is 307 g/mol. The SMILES string of the molecule is Cc1ccc(C(=O)Nc2nnc(Cc3ccccc3)o2)cc1C. The van der Waals surface area contributed by atoms with Gasteiger partial charge in [0.2, 0.25) is 5.89 Å². The molecule has 5 heteroatoms. The summed E-state index contributed by atoms with van der Waals surface area (Å²) < 4.78 is 5.48. The molecular formula is C18H17N3O2. The predicted octanol–water partition coefficient (Wildman–Crippen LogP) is 3.53. The molecule has 3 rings (SSSR count). The third kappa shape index (κ3) is 3.63. The highest BCUT2D eigenvalue weighted by Crippen LogP contribution is 2.14. The van der Waals surface area contributed by atoms with Crippen molar-refractivity contribution in [3.63, 3.8) is 0 Å². The molecule has 0 spiro atoms. The molecule has 23 heavy (non-hydrogen) atoms. The molecule has 0 aliphatic carbocycles. The first kappa shape index (κ1) is 15.0. The van der Waals surface area contributed by atoms with E-state index in [1.165, 1.54) is 0 Å². The minimum absolute atomic E-state index is 0.110. The summed E-state index contributed by atoms with van der Waals surface area (Å²) in [7, 11) is 0. The molecule has 5 nitrogen and oxygen atoms in total. The van der Waals surface area contributed by atoms with Gasteiger partial charge in [-0.05, 0) is 42.7 Å². The van der Waals surface area contributed by atoms with Gasteiger partial charge in [0, 0.05) is 5.56 Å². The zero-order valence-corrected chi connectivity index (χ0v) is 13.0. The molecule has 3 aromatic rings. The summed E-state index contributed by atoms with van der Waals surface area (Å²) in [5, 5.41) is 10.5. The van der Waals surface area contributed by atoms with Crippen molar-refractivity contribution < 1.29 is 9.21 Å². The van der Waals surface area contributed by atoms with Crippen molar-refractivity contribution in [2.24, 2.45) is 0 Å². The zero-order chi connectivity index (χ0) is 16.2. The number of rotatable bonds is 4. The maximum Gasteiger partial charge on any atom is 0.322 e. The number of hydrogen-bond acceptors (Lipinski definition) is 4. The van der Waals surface area contributed by atoms with E-state index < -0.39 is 0 Å². The summed E-state index contributed by atoms with van der Waals surface area (Å²) in [6.45, 7) is 3.97. The Morgan fingerprint density at radius 3 is 2.57 bits per heavy atom. The number of amides is 1. The number of aromatic nitrogens is 2. The number of carbonyl (C=O) groups is 1. The van der Waals surface area contributed by atoms with Crippen molar-refractivity contribution in [1.29, 1.82) is 0 Å². The highest BCUT2D eigenvalue weighted by Gasteiger charge is 2.12. The molecular weight excluding hydrogens is 290 g/mol. The normalized spacial score (nSPS) is 10.5. The average molecular weight is 307 g/mol. The Labute approximate surface area is 134 Å². The largest absolute Gasteiger partial charge is 0.407 e. The van der Waals surface area contributed by atoms with E-state index in [1.54, 1.807) is 6.07 Å². The number of hydrogen-bond donors (Lipinski definition) is 1. The lowest BCUT2D eigenvalue weighted by Gasteiger charge is -2.04. The molecule has 0 saturated heterocycles. The molecule has 1 aromatic heterocycles. The van der Waals surface area contributed by atoms with Crippen LogP contribution in [0.25, 0.3) is 0 Å². The minimum Gasteiger partial charge on any atom is -0.407 e. The van der Waals surface area contributed by atoms with Gasteiger partial charge in [-0.2, -0.15) is 0 Å². The molecule has 0 aliphatic heterocycles. The van der Waals surface area contributed by atoms with E-state index in [1.807, 2.05) is 56.3 Å². The topological polar surface area (TPSA) is 68.0 Å².